The predicted molar refractivity (Wildman–Crippen MR) is 98.7 cm³/mol. The van der Waals surface area contributed by atoms with E-state index in [-0.39, 0.29) is 5.91 Å². The third kappa shape index (κ3) is 3.85. The molecule has 1 aliphatic rings. The molecule has 0 radical (unpaired) electrons. The van der Waals surface area contributed by atoms with Crippen LogP contribution in [0.2, 0.25) is 0 Å². The average Bonchev–Trinajstić information content (AvgIpc) is 3.35. The highest BCUT2D eigenvalue weighted by molar-refractivity contribution is 5.92. The van der Waals surface area contributed by atoms with Crippen molar-refractivity contribution in [2.24, 2.45) is 5.92 Å². The number of benzene rings is 1. The van der Waals surface area contributed by atoms with Crippen molar-refractivity contribution in [3.63, 3.8) is 0 Å². The quantitative estimate of drug-likeness (QED) is 0.770. The van der Waals surface area contributed by atoms with E-state index in [0.29, 0.717) is 11.6 Å². The highest BCUT2D eigenvalue weighted by Crippen LogP contribution is 2.20. The van der Waals surface area contributed by atoms with E-state index in [0.717, 1.165) is 44.6 Å². The summed E-state index contributed by atoms with van der Waals surface area (Å²) in [7, 11) is 0. The molecule has 1 amide bonds. The van der Waals surface area contributed by atoms with Crippen LogP contribution in [0.3, 0.4) is 0 Å². The van der Waals surface area contributed by atoms with Crippen molar-refractivity contribution >= 4 is 5.91 Å². The van der Waals surface area contributed by atoms with Crippen LogP contribution in [-0.4, -0.2) is 43.9 Å². The van der Waals surface area contributed by atoms with Crippen molar-refractivity contribution in [3.05, 3.63) is 71.8 Å². The molecule has 0 spiro atoms. The van der Waals surface area contributed by atoms with Crippen molar-refractivity contribution in [1.29, 1.82) is 0 Å². The van der Waals surface area contributed by atoms with E-state index in [2.05, 4.69) is 27.4 Å². The molecule has 2 aromatic heterocycles. The fourth-order valence-corrected chi connectivity index (χ4v) is 3.53. The Labute approximate surface area is 152 Å². The Balaban J connectivity index is 1.29. The molecule has 1 aliphatic heterocycles. The number of likely N-dealkylation sites (tertiary alicyclic amines) is 1. The molecule has 6 heteroatoms. The lowest BCUT2D eigenvalue weighted by atomic mass is 9.96. The first-order valence-corrected chi connectivity index (χ1v) is 9.13. The number of carbonyl (C=O) groups is 1. The summed E-state index contributed by atoms with van der Waals surface area (Å²) >= 11 is 0. The Morgan fingerprint density at radius 1 is 1.12 bits per heavy atom. The minimum atomic E-state index is 0.0966. The van der Waals surface area contributed by atoms with Crippen molar-refractivity contribution in [3.8, 4) is 0 Å². The number of aromatic nitrogens is 4. The van der Waals surface area contributed by atoms with E-state index < -0.39 is 0 Å². The maximum atomic E-state index is 12.4. The Morgan fingerprint density at radius 3 is 2.65 bits per heavy atom. The summed E-state index contributed by atoms with van der Waals surface area (Å²) in [6.45, 7) is 2.47. The molecule has 1 aromatic carbocycles. The van der Waals surface area contributed by atoms with Gasteiger partial charge in [-0.3, -0.25) is 9.48 Å². The van der Waals surface area contributed by atoms with Gasteiger partial charge in [0.05, 0.1) is 5.69 Å². The number of piperidine rings is 1. The molecule has 0 atom stereocenters. The van der Waals surface area contributed by atoms with Gasteiger partial charge in [0, 0.05) is 38.4 Å². The van der Waals surface area contributed by atoms with Gasteiger partial charge in [-0.1, -0.05) is 35.5 Å². The number of H-pyrrole nitrogens is 1. The molecular weight excluding hydrogens is 326 g/mol. The van der Waals surface area contributed by atoms with E-state index in [4.69, 9.17) is 0 Å². The first kappa shape index (κ1) is 16.6. The standard InChI is InChI=1S/C20H23N5O/c26-20(19-7-4-10-21-19)24-11-8-17(9-12-24)14-25-15-18(22-23-25)13-16-5-2-1-3-6-16/h1-7,10,15,17,21H,8-9,11-14H2. The number of carbonyl (C=O) groups excluding carboxylic acids is 1. The summed E-state index contributed by atoms with van der Waals surface area (Å²) in [6, 6.07) is 14.0. The molecule has 0 unspecified atom stereocenters. The summed E-state index contributed by atoms with van der Waals surface area (Å²) in [5.74, 6) is 0.633. The molecule has 6 nitrogen and oxygen atoms in total. The Kier molecular flexibility index (Phi) is 4.82. The Hall–Kier alpha value is -2.89. The van der Waals surface area contributed by atoms with Gasteiger partial charge in [-0.25, -0.2) is 0 Å². The van der Waals surface area contributed by atoms with Crippen molar-refractivity contribution in [1.82, 2.24) is 24.9 Å². The van der Waals surface area contributed by atoms with E-state index in [1.54, 1.807) is 6.20 Å². The van der Waals surface area contributed by atoms with Gasteiger partial charge < -0.3 is 9.88 Å². The molecule has 134 valence electrons. The predicted octanol–water partition coefficient (Wildman–Crippen LogP) is 2.75. The largest absolute Gasteiger partial charge is 0.357 e. The lowest BCUT2D eigenvalue weighted by Crippen LogP contribution is -2.39. The molecule has 4 rings (SSSR count). The number of nitrogens with zero attached hydrogens (tertiary/aromatic N) is 4. The molecule has 3 aromatic rings. The molecule has 0 saturated carbocycles. The zero-order valence-corrected chi connectivity index (χ0v) is 14.7. The van der Waals surface area contributed by atoms with E-state index in [9.17, 15) is 4.79 Å². The number of rotatable bonds is 5. The smallest absolute Gasteiger partial charge is 0.270 e. The van der Waals surface area contributed by atoms with Crippen LogP contribution in [0, 0.1) is 5.92 Å². The van der Waals surface area contributed by atoms with E-state index in [1.165, 1.54) is 5.56 Å². The van der Waals surface area contributed by atoms with Crippen LogP contribution in [-0.2, 0) is 13.0 Å². The zero-order chi connectivity index (χ0) is 17.8. The van der Waals surface area contributed by atoms with Crippen LogP contribution in [0.25, 0.3) is 0 Å². The minimum Gasteiger partial charge on any atom is -0.357 e. The topological polar surface area (TPSA) is 66.8 Å². The highest BCUT2D eigenvalue weighted by Gasteiger charge is 2.24. The van der Waals surface area contributed by atoms with Crippen molar-refractivity contribution < 1.29 is 4.79 Å². The van der Waals surface area contributed by atoms with E-state index in [1.807, 2.05) is 46.1 Å². The maximum Gasteiger partial charge on any atom is 0.270 e. The van der Waals surface area contributed by atoms with Crippen molar-refractivity contribution in [2.75, 3.05) is 13.1 Å². The van der Waals surface area contributed by atoms with Gasteiger partial charge in [0.2, 0.25) is 0 Å². The Bertz CT molecular complexity index is 832. The number of hydrogen-bond acceptors (Lipinski definition) is 3. The van der Waals surface area contributed by atoms with Gasteiger partial charge in [-0.2, -0.15) is 0 Å². The van der Waals surface area contributed by atoms with Crippen LogP contribution in [0.15, 0.2) is 54.9 Å². The van der Waals surface area contributed by atoms with Crippen LogP contribution < -0.4 is 0 Å². The number of amides is 1. The number of hydrogen-bond donors (Lipinski definition) is 1. The number of nitrogens with one attached hydrogen (secondary N) is 1. The van der Waals surface area contributed by atoms with Crippen LogP contribution in [0.5, 0.6) is 0 Å². The lowest BCUT2D eigenvalue weighted by molar-refractivity contribution is 0.0675. The molecule has 1 fully saturated rings. The SMILES string of the molecule is O=C(c1ccc[nH]1)N1CCC(Cn2cc(Cc3ccccc3)nn2)CC1. The molecule has 1 saturated heterocycles. The second kappa shape index (κ2) is 7.56. The van der Waals surface area contributed by atoms with Gasteiger partial charge in [-0.05, 0) is 36.5 Å². The van der Waals surface area contributed by atoms with Gasteiger partial charge >= 0.3 is 0 Å². The molecule has 3 heterocycles. The summed E-state index contributed by atoms with van der Waals surface area (Å²) in [5.41, 5.74) is 2.91. The molecule has 1 N–H and O–H groups in total. The van der Waals surface area contributed by atoms with Gasteiger partial charge in [-0.15, -0.1) is 5.10 Å². The van der Waals surface area contributed by atoms with Gasteiger partial charge in [0.25, 0.3) is 5.91 Å². The summed E-state index contributed by atoms with van der Waals surface area (Å²) in [5, 5.41) is 8.58. The minimum absolute atomic E-state index is 0.0966. The third-order valence-corrected chi connectivity index (χ3v) is 4.99. The fraction of sp³-hybridized carbons (Fsp3) is 0.350. The first-order valence-electron chi connectivity index (χ1n) is 9.13. The summed E-state index contributed by atoms with van der Waals surface area (Å²) in [6.07, 6.45) is 6.64. The van der Waals surface area contributed by atoms with Crippen LogP contribution >= 0.6 is 0 Å². The zero-order valence-electron chi connectivity index (χ0n) is 14.7. The van der Waals surface area contributed by atoms with E-state index >= 15 is 0 Å². The summed E-state index contributed by atoms with van der Waals surface area (Å²) < 4.78 is 1.95. The van der Waals surface area contributed by atoms with Crippen molar-refractivity contribution in [2.45, 2.75) is 25.8 Å². The van der Waals surface area contributed by atoms with Crippen LogP contribution in [0.4, 0.5) is 0 Å². The van der Waals surface area contributed by atoms with Gasteiger partial charge in [0.15, 0.2) is 0 Å². The monoisotopic (exact) mass is 349 g/mol. The van der Waals surface area contributed by atoms with Gasteiger partial charge in [0.1, 0.15) is 5.69 Å². The Morgan fingerprint density at radius 2 is 1.92 bits per heavy atom. The summed E-state index contributed by atoms with van der Waals surface area (Å²) in [4.78, 5) is 17.3. The second-order valence-corrected chi connectivity index (χ2v) is 6.91. The van der Waals surface area contributed by atoms with Crippen LogP contribution in [0.1, 0.15) is 34.6 Å². The second-order valence-electron chi connectivity index (χ2n) is 6.91. The molecule has 0 aliphatic carbocycles. The lowest BCUT2D eigenvalue weighted by Gasteiger charge is -2.31. The normalized spacial score (nSPS) is 15.3. The molecular formula is C20H23N5O. The molecule has 0 bridgehead atoms. The maximum absolute atomic E-state index is 12.4. The first-order chi connectivity index (χ1) is 12.8. The highest BCUT2D eigenvalue weighted by atomic mass is 16.2. The number of aromatic amines is 1. The average molecular weight is 349 g/mol. The molecule has 26 heavy (non-hydrogen) atoms. The fourth-order valence-electron chi connectivity index (χ4n) is 3.53. The third-order valence-electron chi connectivity index (χ3n) is 4.99.